The minimum Gasteiger partial charge on any atom is -0.389 e. The third-order valence-electron chi connectivity index (χ3n) is 3.79. The third-order valence-corrected chi connectivity index (χ3v) is 4.48. The van der Waals surface area contributed by atoms with Gasteiger partial charge < -0.3 is 10.0 Å². The van der Waals surface area contributed by atoms with Crippen LogP contribution in [0.1, 0.15) is 32.4 Å². The maximum absolute atomic E-state index is 9.67. The highest BCUT2D eigenvalue weighted by Gasteiger charge is 2.18. The zero-order valence-electron chi connectivity index (χ0n) is 12.6. The summed E-state index contributed by atoms with van der Waals surface area (Å²) in [6.45, 7) is 12.0. The van der Waals surface area contributed by atoms with Crippen molar-refractivity contribution in [1.82, 2.24) is 4.90 Å². The van der Waals surface area contributed by atoms with Gasteiger partial charge in [0.1, 0.15) is 0 Å². The Morgan fingerprint density at radius 1 is 1.15 bits per heavy atom. The molecule has 112 valence electrons. The van der Waals surface area contributed by atoms with E-state index >= 15 is 0 Å². The quantitative estimate of drug-likeness (QED) is 0.911. The van der Waals surface area contributed by atoms with E-state index in [2.05, 4.69) is 51.7 Å². The molecule has 1 atom stereocenters. The molecule has 3 nitrogen and oxygen atoms in total. The summed E-state index contributed by atoms with van der Waals surface area (Å²) in [4.78, 5) is 4.97. The van der Waals surface area contributed by atoms with Crippen molar-refractivity contribution in [1.29, 1.82) is 0 Å². The smallest absolute Gasteiger partial charge is 0.0772 e. The molecule has 0 spiro atoms. The lowest BCUT2D eigenvalue weighted by molar-refractivity contribution is 0.198. The molecule has 1 aromatic rings. The average molecular weight is 341 g/mol. The Morgan fingerprint density at radius 2 is 1.80 bits per heavy atom. The lowest BCUT2D eigenvalue weighted by Gasteiger charge is -2.37. The first kappa shape index (κ1) is 15.8. The highest BCUT2D eigenvalue weighted by atomic mass is 79.9. The van der Waals surface area contributed by atoms with Crippen LogP contribution in [0.4, 0.5) is 5.69 Å². The van der Waals surface area contributed by atoms with Crippen LogP contribution in [0.15, 0.2) is 22.7 Å². The summed E-state index contributed by atoms with van der Waals surface area (Å²) in [5.74, 6) is 0.737. The van der Waals surface area contributed by atoms with Crippen molar-refractivity contribution in [2.75, 3.05) is 37.6 Å². The molecule has 4 heteroatoms. The second-order valence-electron chi connectivity index (χ2n) is 6.06. The molecule has 1 aromatic carbocycles. The summed E-state index contributed by atoms with van der Waals surface area (Å²) >= 11 is 3.56. The largest absolute Gasteiger partial charge is 0.389 e. The molecule has 1 heterocycles. The highest BCUT2D eigenvalue weighted by Crippen LogP contribution is 2.28. The van der Waals surface area contributed by atoms with Gasteiger partial charge in [-0.1, -0.05) is 35.8 Å². The highest BCUT2D eigenvalue weighted by molar-refractivity contribution is 9.10. The molecule has 1 aliphatic heterocycles. The molecule has 0 unspecified atom stereocenters. The second kappa shape index (κ2) is 6.92. The summed E-state index contributed by atoms with van der Waals surface area (Å²) in [7, 11) is 0. The van der Waals surface area contributed by atoms with Crippen molar-refractivity contribution in [3.8, 4) is 0 Å². The van der Waals surface area contributed by atoms with Crippen LogP contribution in [-0.2, 0) is 0 Å². The van der Waals surface area contributed by atoms with Gasteiger partial charge in [-0.25, -0.2) is 0 Å². The number of halogens is 1. The van der Waals surface area contributed by atoms with Crippen LogP contribution in [0.3, 0.4) is 0 Å². The van der Waals surface area contributed by atoms with E-state index in [1.807, 2.05) is 6.07 Å². The van der Waals surface area contributed by atoms with E-state index in [4.69, 9.17) is 0 Å². The first-order valence-electron chi connectivity index (χ1n) is 7.42. The molecular formula is C16H25BrN2O. The minimum atomic E-state index is -0.429. The summed E-state index contributed by atoms with van der Waals surface area (Å²) < 4.78 is 0.995. The van der Waals surface area contributed by atoms with Crippen LogP contribution >= 0.6 is 15.9 Å². The number of hydrogen-bond donors (Lipinski definition) is 1. The summed E-state index contributed by atoms with van der Waals surface area (Å²) in [5, 5.41) is 9.67. The summed E-state index contributed by atoms with van der Waals surface area (Å²) in [6, 6.07) is 6.26. The molecule has 0 bridgehead atoms. The normalized spacial score (nSPS) is 18.6. The number of benzene rings is 1. The molecule has 2 rings (SSSR count). The van der Waals surface area contributed by atoms with Crippen molar-refractivity contribution in [3.05, 3.63) is 28.2 Å². The van der Waals surface area contributed by atoms with E-state index in [1.54, 1.807) is 6.92 Å². The second-order valence-corrected chi connectivity index (χ2v) is 6.92. The van der Waals surface area contributed by atoms with Gasteiger partial charge >= 0.3 is 0 Å². The maximum Gasteiger partial charge on any atom is 0.0772 e. The first-order valence-corrected chi connectivity index (χ1v) is 8.21. The van der Waals surface area contributed by atoms with E-state index in [9.17, 15) is 5.11 Å². The number of rotatable bonds is 4. The number of aliphatic hydroxyl groups is 1. The lowest BCUT2D eigenvalue weighted by Crippen LogP contribution is -2.47. The Balaban J connectivity index is 1.98. The molecule has 0 amide bonds. The van der Waals surface area contributed by atoms with Crippen molar-refractivity contribution in [2.24, 2.45) is 5.92 Å². The van der Waals surface area contributed by atoms with E-state index < -0.39 is 6.10 Å². The van der Waals surface area contributed by atoms with E-state index in [0.29, 0.717) is 0 Å². The predicted octanol–water partition coefficient (Wildman–Crippen LogP) is 3.28. The zero-order chi connectivity index (χ0) is 14.7. The Labute approximate surface area is 130 Å². The van der Waals surface area contributed by atoms with Gasteiger partial charge in [0.15, 0.2) is 0 Å². The Morgan fingerprint density at radius 3 is 2.30 bits per heavy atom. The summed E-state index contributed by atoms with van der Waals surface area (Å²) in [5.41, 5.74) is 2.19. The molecule has 1 aliphatic rings. The summed E-state index contributed by atoms with van der Waals surface area (Å²) in [6.07, 6.45) is -0.429. The number of anilines is 1. The monoisotopic (exact) mass is 340 g/mol. The molecular weight excluding hydrogens is 316 g/mol. The first-order chi connectivity index (χ1) is 9.47. The van der Waals surface area contributed by atoms with Gasteiger partial charge in [-0.2, -0.15) is 0 Å². The van der Waals surface area contributed by atoms with E-state index in [1.165, 1.54) is 12.2 Å². The van der Waals surface area contributed by atoms with Crippen molar-refractivity contribution in [3.63, 3.8) is 0 Å². The lowest BCUT2D eigenvalue weighted by atomic mass is 10.1. The molecule has 0 aromatic heterocycles. The van der Waals surface area contributed by atoms with Crippen LogP contribution in [0.25, 0.3) is 0 Å². The number of hydrogen-bond acceptors (Lipinski definition) is 3. The molecule has 20 heavy (non-hydrogen) atoms. The molecule has 0 aliphatic carbocycles. The van der Waals surface area contributed by atoms with Crippen LogP contribution in [0.5, 0.6) is 0 Å². The van der Waals surface area contributed by atoms with Gasteiger partial charge in [0.2, 0.25) is 0 Å². The van der Waals surface area contributed by atoms with Gasteiger partial charge in [-0.05, 0) is 30.5 Å². The van der Waals surface area contributed by atoms with Crippen molar-refractivity contribution >= 4 is 21.6 Å². The standard InChI is InChI=1S/C16H25BrN2O/c1-12(2)11-18-6-8-19(9-7-18)14-4-5-15(13(3)20)16(17)10-14/h4-5,10,12-13,20H,6-9,11H2,1-3H3/t13-/m1/s1. The molecule has 1 N–H and O–H groups in total. The van der Waals surface area contributed by atoms with Gasteiger partial charge in [0.25, 0.3) is 0 Å². The van der Waals surface area contributed by atoms with Crippen molar-refractivity contribution in [2.45, 2.75) is 26.9 Å². The Hall–Kier alpha value is -0.580. The van der Waals surface area contributed by atoms with Crippen molar-refractivity contribution < 1.29 is 5.11 Å². The fourth-order valence-corrected chi connectivity index (χ4v) is 3.45. The van der Waals surface area contributed by atoms with Crippen LogP contribution in [0, 0.1) is 5.92 Å². The van der Waals surface area contributed by atoms with Crippen LogP contribution in [-0.4, -0.2) is 42.7 Å². The Bertz CT molecular complexity index is 440. The SMILES string of the molecule is CC(C)CN1CCN(c2ccc([C@@H](C)O)c(Br)c2)CC1. The van der Waals surface area contributed by atoms with Crippen LogP contribution < -0.4 is 4.90 Å². The predicted molar refractivity (Wildman–Crippen MR) is 88.3 cm³/mol. The molecule has 1 saturated heterocycles. The van der Waals surface area contributed by atoms with Gasteiger partial charge in [0.05, 0.1) is 6.10 Å². The number of nitrogens with zero attached hydrogens (tertiary/aromatic N) is 2. The fourth-order valence-electron chi connectivity index (χ4n) is 2.76. The molecule has 0 saturated carbocycles. The Kier molecular flexibility index (Phi) is 5.47. The topological polar surface area (TPSA) is 26.7 Å². The van der Waals surface area contributed by atoms with Gasteiger partial charge in [-0.3, -0.25) is 4.90 Å². The van der Waals surface area contributed by atoms with Crippen LogP contribution in [0.2, 0.25) is 0 Å². The number of piperazine rings is 1. The molecule has 0 radical (unpaired) electrons. The average Bonchev–Trinajstić information content (AvgIpc) is 2.38. The number of aliphatic hydroxyl groups excluding tert-OH is 1. The minimum absolute atomic E-state index is 0.429. The van der Waals surface area contributed by atoms with Gasteiger partial charge in [0, 0.05) is 42.9 Å². The molecule has 1 fully saturated rings. The maximum atomic E-state index is 9.67. The third kappa shape index (κ3) is 3.96. The fraction of sp³-hybridized carbons (Fsp3) is 0.625. The van der Waals surface area contributed by atoms with E-state index in [0.717, 1.165) is 42.1 Å². The zero-order valence-corrected chi connectivity index (χ0v) is 14.2. The van der Waals surface area contributed by atoms with E-state index in [-0.39, 0.29) is 0 Å². The van der Waals surface area contributed by atoms with Gasteiger partial charge in [-0.15, -0.1) is 0 Å².